The van der Waals surface area contributed by atoms with Crippen LogP contribution in [0.4, 0.5) is 0 Å². The van der Waals surface area contributed by atoms with Crippen LogP contribution in [-0.4, -0.2) is 10.8 Å². The standard InChI is InChI=1S/C31H27NO/c1-31(2,3)25-13-10-21(11-14-25)18-30(33)29-9-4-6-22-19-23(12-15-27(22)29)26-8-5-7-24-20-32-17-16-28(24)26/h4-17,19-20H,18H2,1-3H3. The summed E-state index contributed by atoms with van der Waals surface area (Å²) in [5, 5.41) is 4.38. The van der Waals surface area contributed by atoms with Crippen molar-refractivity contribution in [3.63, 3.8) is 0 Å². The second-order valence-electron chi connectivity index (χ2n) is 9.69. The molecule has 162 valence electrons. The molecule has 0 spiro atoms. The fraction of sp³-hybridized carbons (Fsp3) is 0.161. The van der Waals surface area contributed by atoms with Crippen molar-refractivity contribution in [3.8, 4) is 11.1 Å². The summed E-state index contributed by atoms with van der Waals surface area (Å²) in [6.45, 7) is 6.60. The number of nitrogens with zero attached hydrogens (tertiary/aromatic N) is 1. The number of ketones is 1. The first kappa shape index (κ1) is 21.1. The third-order valence-electron chi connectivity index (χ3n) is 6.36. The van der Waals surface area contributed by atoms with Gasteiger partial charge in [-0.1, -0.05) is 93.6 Å². The van der Waals surface area contributed by atoms with Crippen molar-refractivity contribution < 1.29 is 4.79 Å². The molecule has 0 saturated carbocycles. The van der Waals surface area contributed by atoms with Gasteiger partial charge >= 0.3 is 0 Å². The molecular formula is C31H27NO. The van der Waals surface area contributed by atoms with Crippen LogP contribution in [0.1, 0.15) is 42.3 Å². The second kappa shape index (κ2) is 8.29. The van der Waals surface area contributed by atoms with Crippen LogP contribution < -0.4 is 0 Å². The van der Waals surface area contributed by atoms with Crippen molar-refractivity contribution in [2.75, 3.05) is 0 Å². The fourth-order valence-corrected chi connectivity index (χ4v) is 4.47. The van der Waals surface area contributed by atoms with E-state index < -0.39 is 0 Å². The van der Waals surface area contributed by atoms with Crippen molar-refractivity contribution >= 4 is 27.3 Å². The summed E-state index contributed by atoms with van der Waals surface area (Å²) in [6, 6.07) is 29.2. The van der Waals surface area contributed by atoms with Crippen molar-refractivity contribution in [1.82, 2.24) is 4.98 Å². The van der Waals surface area contributed by atoms with E-state index in [4.69, 9.17) is 0 Å². The molecule has 0 amide bonds. The molecule has 0 aliphatic heterocycles. The van der Waals surface area contributed by atoms with E-state index in [1.807, 2.05) is 24.5 Å². The van der Waals surface area contributed by atoms with E-state index in [0.717, 1.165) is 32.8 Å². The van der Waals surface area contributed by atoms with Gasteiger partial charge in [0.2, 0.25) is 0 Å². The van der Waals surface area contributed by atoms with E-state index in [-0.39, 0.29) is 11.2 Å². The molecule has 0 aliphatic rings. The Labute approximate surface area is 194 Å². The molecule has 33 heavy (non-hydrogen) atoms. The average molecular weight is 430 g/mol. The molecule has 1 aromatic heterocycles. The zero-order valence-corrected chi connectivity index (χ0v) is 19.3. The Bertz CT molecular complexity index is 1470. The fourth-order valence-electron chi connectivity index (χ4n) is 4.47. The van der Waals surface area contributed by atoms with Crippen LogP contribution in [0.5, 0.6) is 0 Å². The lowest BCUT2D eigenvalue weighted by Gasteiger charge is -2.19. The van der Waals surface area contributed by atoms with Gasteiger partial charge in [-0.15, -0.1) is 0 Å². The monoisotopic (exact) mass is 429 g/mol. The molecule has 2 heteroatoms. The van der Waals surface area contributed by atoms with Crippen molar-refractivity contribution in [2.45, 2.75) is 32.6 Å². The molecule has 1 heterocycles. The maximum absolute atomic E-state index is 13.2. The van der Waals surface area contributed by atoms with Gasteiger partial charge in [-0.25, -0.2) is 0 Å². The molecule has 0 N–H and O–H groups in total. The molecule has 0 unspecified atom stereocenters. The van der Waals surface area contributed by atoms with Gasteiger partial charge in [-0.05, 0) is 56.0 Å². The minimum absolute atomic E-state index is 0.108. The smallest absolute Gasteiger partial charge is 0.167 e. The molecule has 5 rings (SSSR count). The number of aromatic nitrogens is 1. The number of rotatable bonds is 4. The predicted molar refractivity (Wildman–Crippen MR) is 138 cm³/mol. The number of hydrogen-bond acceptors (Lipinski definition) is 2. The van der Waals surface area contributed by atoms with Crippen molar-refractivity contribution in [3.05, 3.63) is 114 Å². The van der Waals surface area contributed by atoms with Gasteiger partial charge in [0.25, 0.3) is 0 Å². The Hall–Kier alpha value is -3.78. The molecule has 0 atom stereocenters. The van der Waals surface area contributed by atoms with Gasteiger partial charge in [-0.2, -0.15) is 0 Å². The highest BCUT2D eigenvalue weighted by atomic mass is 16.1. The zero-order valence-electron chi connectivity index (χ0n) is 19.3. The Balaban J connectivity index is 1.48. The van der Waals surface area contributed by atoms with Crippen molar-refractivity contribution in [1.29, 1.82) is 0 Å². The quantitative estimate of drug-likeness (QED) is 0.273. The molecule has 0 radical (unpaired) electrons. The second-order valence-corrected chi connectivity index (χ2v) is 9.69. The molecule has 0 aliphatic carbocycles. The summed E-state index contributed by atoms with van der Waals surface area (Å²) in [5.41, 5.74) is 5.53. The molecule has 0 bridgehead atoms. The lowest BCUT2D eigenvalue weighted by molar-refractivity contribution is 0.0994. The van der Waals surface area contributed by atoms with E-state index in [2.05, 4.69) is 98.6 Å². The van der Waals surface area contributed by atoms with E-state index in [1.54, 1.807) is 0 Å². The number of carbonyl (C=O) groups excluding carboxylic acids is 1. The Morgan fingerprint density at radius 2 is 1.55 bits per heavy atom. The first-order chi connectivity index (χ1) is 15.9. The van der Waals surface area contributed by atoms with Crippen molar-refractivity contribution in [2.24, 2.45) is 0 Å². The highest BCUT2D eigenvalue weighted by molar-refractivity contribution is 6.10. The zero-order chi connectivity index (χ0) is 23.0. The lowest BCUT2D eigenvalue weighted by Crippen LogP contribution is -2.11. The van der Waals surface area contributed by atoms with E-state index in [9.17, 15) is 4.79 Å². The highest BCUT2D eigenvalue weighted by Gasteiger charge is 2.15. The summed E-state index contributed by atoms with van der Waals surface area (Å²) in [5.74, 6) is 0.146. The number of Topliss-reactive ketones (excluding diaryl/α,β-unsaturated/α-hetero) is 1. The maximum atomic E-state index is 13.2. The Morgan fingerprint density at radius 3 is 2.33 bits per heavy atom. The number of benzene rings is 4. The minimum atomic E-state index is 0.108. The summed E-state index contributed by atoms with van der Waals surface area (Å²) in [6.07, 6.45) is 4.13. The van der Waals surface area contributed by atoms with E-state index in [0.29, 0.717) is 6.42 Å². The first-order valence-electron chi connectivity index (χ1n) is 11.4. The summed E-state index contributed by atoms with van der Waals surface area (Å²) in [7, 11) is 0. The van der Waals surface area contributed by atoms with Crippen LogP contribution in [0.25, 0.3) is 32.7 Å². The lowest BCUT2D eigenvalue weighted by atomic mass is 9.86. The van der Waals surface area contributed by atoms with Crippen LogP contribution in [0.3, 0.4) is 0 Å². The van der Waals surface area contributed by atoms with Gasteiger partial charge in [0.1, 0.15) is 0 Å². The predicted octanol–water partition coefficient (Wildman–Crippen LogP) is 7.78. The van der Waals surface area contributed by atoms with Crippen LogP contribution in [0.2, 0.25) is 0 Å². The summed E-state index contributed by atoms with van der Waals surface area (Å²) < 4.78 is 0. The molecule has 2 nitrogen and oxygen atoms in total. The molecular weight excluding hydrogens is 402 g/mol. The summed E-state index contributed by atoms with van der Waals surface area (Å²) >= 11 is 0. The molecule has 4 aromatic carbocycles. The van der Waals surface area contributed by atoms with Gasteiger partial charge in [0, 0.05) is 29.8 Å². The number of hydrogen-bond donors (Lipinski definition) is 0. The highest BCUT2D eigenvalue weighted by Crippen LogP contribution is 2.32. The third kappa shape index (κ3) is 4.17. The van der Waals surface area contributed by atoms with E-state index in [1.165, 1.54) is 16.5 Å². The van der Waals surface area contributed by atoms with E-state index >= 15 is 0 Å². The third-order valence-corrected chi connectivity index (χ3v) is 6.36. The Kier molecular flexibility index (Phi) is 5.30. The van der Waals surface area contributed by atoms with Crippen LogP contribution >= 0.6 is 0 Å². The van der Waals surface area contributed by atoms with Gasteiger partial charge in [0.05, 0.1) is 0 Å². The SMILES string of the molecule is CC(C)(C)c1ccc(CC(=O)c2cccc3cc(-c4cccc5cnccc45)ccc23)cc1. The van der Waals surface area contributed by atoms with Gasteiger partial charge in [-0.3, -0.25) is 9.78 Å². The molecule has 0 fully saturated rings. The topological polar surface area (TPSA) is 30.0 Å². The van der Waals surface area contributed by atoms with Crippen LogP contribution in [0.15, 0.2) is 97.3 Å². The normalized spacial score (nSPS) is 11.7. The molecule has 0 saturated heterocycles. The minimum Gasteiger partial charge on any atom is -0.294 e. The van der Waals surface area contributed by atoms with Gasteiger partial charge in [0.15, 0.2) is 5.78 Å². The number of carbonyl (C=O) groups is 1. The Morgan fingerprint density at radius 1 is 0.788 bits per heavy atom. The maximum Gasteiger partial charge on any atom is 0.167 e. The summed E-state index contributed by atoms with van der Waals surface area (Å²) in [4.78, 5) is 17.5. The largest absolute Gasteiger partial charge is 0.294 e. The average Bonchev–Trinajstić information content (AvgIpc) is 2.82. The molecule has 5 aromatic rings. The van der Waals surface area contributed by atoms with Crippen LogP contribution in [-0.2, 0) is 11.8 Å². The first-order valence-corrected chi connectivity index (χ1v) is 11.4. The van der Waals surface area contributed by atoms with Crippen LogP contribution in [0, 0.1) is 0 Å². The van der Waals surface area contributed by atoms with Gasteiger partial charge < -0.3 is 0 Å². The number of fused-ring (bicyclic) bond motifs is 2. The number of pyridine rings is 1.